The van der Waals surface area contributed by atoms with Crippen molar-refractivity contribution in [3.63, 3.8) is 0 Å². The van der Waals surface area contributed by atoms with Crippen LogP contribution in [0.2, 0.25) is 0 Å². The number of sulfonamides is 1. The van der Waals surface area contributed by atoms with Gasteiger partial charge in [-0.1, -0.05) is 30.7 Å². The second-order valence-corrected chi connectivity index (χ2v) is 8.21. The van der Waals surface area contributed by atoms with Gasteiger partial charge in [0.25, 0.3) is 0 Å². The molecule has 2 aromatic rings. The van der Waals surface area contributed by atoms with Gasteiger partial charge in [0, 0.05) is 25.3 Å². The Morgan fingerprint density at radius 3 is 2.29 bits per heavy atom. The minimum Gasteiger partial charge on any atom is -0.381 e. The van der Waals surface area contributed by atoms with Crippen molar-refractivity contribution in [1.82, 2.24) is 4.31 Å². The van der Waals surface area contributed by atoms with Gasteiger partial charge >= 0.3 is 0 Å². The number of rotatable bonds is 5. The topological polar surface area (TPSA) is 49.4 Å². The van der Waals surface area contributed by atoms with Crippen LogP contribution in [0.25, 0.3) is 0 Å². The van der Waals surface area contributed by atoms with Gasteiger partial charge in [0.15, 0.2) is 0 Å². The maximum atomic E-state index is 12.6. The number of hydrogen-bond acceptors (Lipinski definition) is 3. The summed E-state index contributed by atoms with van der Waals surface area (Å²) in [5.74, 6) is 0. The number of benzene rings is 2. The first-order valence-corrected chi connectivity index (χ1v) is 9.90. The van der Waals surface area contributed by atoms with Gasteiger partial charge in [-0.15, -0.1) is 0 Å². The highest BCUT2D eigenvalue weighted by Crippen LogP contribution is 2.22. The molecule has 1 aliphatic heterocycles. The van der Waals surface area contributed by atoms with Crippen LogP contribution >= 0.6 is 0 Å². The molecule has 0 amide bonds. The van der Waals surface area contributed by atoms with Crippen molar-refractivity contribution in [3.8, 4) is 0 Å². The third-order valence-corrected chi connectivity index (χ3v) is 6.46. The second kappa shape index (κ2) is 7.36. The molecular formula is C19H24N2O2S. The Balaban J connectivity index is 1.68. The molecule has 1 heterocycles. The number of anilines is 1. The van der Waals surface area contributed by atoms with E-state index in [0.717, 1.165) is 31.5 Å². The molecule has 0 saturated carbocycles. The summed E-state index contributed by atoms with van der Waals surface area (Å²) < 4.78 is 26.9. The Labute approximate surface area is 144 Å². The maximum absolute atomic E-state index is 12.6. The summed E-state index contributed by atoms with van der Waals surface area (Å²) >= 11 is 0. The van der Waals surface area contributed by atoms with Crippen molar-refractivity contribution >= 4 is 15.7 Å². The molecule has 128 valence electrons. The fraction of sp³-hybridized carbons (Fsp3) is 0.368. The first-order chi connectivity index (χ1) is 11.6. The molecule has 24 heavy (non-hydrogen) atoms. The van der Waals surface area contributed by atoms with E-state index < -0.39 is 10.0 Å². The molecular weight excluding hydrogens is 320 g/mol. The minimum absolute atomic E-state index is 0.380. The van der Waals surface area contributed by atoms with Crippen LogP contribution < -0.4 is 5.32 Å². The van der Waals surface area contributed by atoms with Crippen LogP contribution in [-0.2, 0) is 16.6 Å². The largest absolute Gasteiger partial charge is 0.381 e. The van der Waals surface area contributed by atoms with E-state index in [4.69, 9.17) is 0 Å². The molecule has 0 radical (unpaired) electrons. The van der Waals surface area contributed by atoms with Gasteiger partial charge in [0.05, 0.1) is 4.90 Å². The standard InChI is InChI=1S/C19H24N2O2S/c1-16-7-3-4-8-17(16)15-20-18-9-11-19(12-10-18)24(22,23)21-13-5-2-6-14-21/h3-4,7-12,20H,2,5-6,13-15H2,1H3. The first kappa shape index (κ1) is 17.0. The number of nitrogens with zero attached hydrogens (tertiary/aromatic N) is 1. The second-order valence-electron chi connectivity index (χ2n) is 6.27. The summed E-state index contributed by atoms with van der Waals surface area (Å²) in [6.07, 6.45) is 3.03. The lowest BCUT2D eigenvalue weighted by molar-refractivity contribution is 0.346. The molecule has 0 atom stereocenters. The predicted molar refractivity (Wildman–Crippen MR) is 97.6 cm³/mol. The number of aryl methyl sites for hydroxylation is 1. The normalized spacial score (nSPS) is 16.0. The lowest BCUT2D eigenvalue weighted by atomic mass is 10.1. The van der Waals surface area contributed by atoms with Gasteiger partial charge < -0.3 is 5.32 Å². The fourth-order valence-electron chi connectivity index (χ4n) is 3.00. The van der Waals surface area contributed by atoms with Crippen molar-refractivity contribution in [3.05, 3.63) is 59.7 Å². The lowest BCUT2D eigenvalue weighted by Crippen LogP contribution is -2.35. The molecule has 5 heteroatoms. The maximum Gasteiger partial charge on any atom is 0.243 e. The summed E-state index contributed by atoms with van der Waals surface area (Å²) in [5, 5.41) is 3.35. The van der Waals surface area contributed by atoms with Crippen molar-refractivity contribution in [2.24, 2.45) is 0 Å². The SMILES string of the molecule is Cc1ccccc1CNc1ccc(S(=O)(=O)N2CCCCC2)cc1. The van der Waals surface area contributed by atoms with Gasteiger partial charge in [-0.2, -0.15) is 4.31 Å². The van der Waals surface area contributed by atoms with Crippen LogP contribution in [0.4, 0.5) is 5.69 Å². The van der Waals surface area contributed by atoms with Crippen LogP contribution in [0, 0.1) is 6.92 Å². The zero-order valence-electron chi connectivity index (χ0n) is 14.0. The zero-order chi connectivity index (χ0) is 17.0. The fourth-order valence-corrected chi connectivity index (χ4v) is 4.52. The van der Waals surface area contributed by atoms with Crippen molar-refractivity contribution < 1.29 is 8.42 Å². The average Bonchev–Trinajstić information content (AvgIpc) is 2.62. The molecule has 1 N–H and O–H groups in total. The van der Waals surface area contributed by atoms with Crippen LogP contribution in [0.15, 0.2) is 53.4 Å². The molecule has 0 aromatic heterocycles. The Morgan fingerprint density at radius 1 is 0.958 bits per heavy atom. The molecule has 2 aromatic carbocycles. The van der Waals surface area contributed by atoms with E-state index >= 15 is 0 Å². The summed E-state index contributed by atoms with van der Waals surface area (Å²) in [5.41, 5.74) is 3.41. The Bertz CT molecular complexity index is 779. The summed E-state index contributed by atoms with van der Waals surface area (Å²) in [4.78, 5) is 0.380. The highest BCUT2D eigenvalue weighted by Gasteiger charge is 2.25. The van der Waals surface area contributed by atoms with E-state index in [1.165, 1.54) is 11.1 Å². The third kappa shape index (κ3) is 3.79. The molecule has 0 bridgehead atoms. The van der Waals surface area contributed by atoms with Gasteiger partial charge in [-0.3, -0.25) is 0 Å². The monoisotopic (exact) mass is 344 g/mol. The summed E-state index contributed by atoms with van der Waals surface area (Å²) in [6.45, 7) is 4.08. The van der Waals surface area contributed by atoms with Gasteiger partial charge in [-0.05, 0) is 55.2 Å². The van der Waals surface area contributed by atoms with Crippen molar-refractivity contribution in [2.75, 3.05) is 18.4 Å². The molecule has 1 aliphatic rings. The summed E-state index contributed by atoms with van der Waals surface area (Å²) in [7, 11) is -3.35. The van der Waals surface area contributed by atoms with E-state index in [1.807, 2.05) is 24.3 Å². The van der Waals surface area contributed by atoms with Crippen LogP contribution in [0.5, 0.6) is 0 Å². The van der Waals surface area contributed by atoms with Crippen LogP contribution in [-0.4, -0.2) is 25.8 Å². The molecule has 1 saturated heterocycles. The highest BCUT2D eigenvalue weighted by molar-refractivity contribution is 7.89. The zero-order valence-corrected chi connectivity index (χ0v) is 14.8. The van der Waals surface area contributed by atoms with Gasteiger partial charge in [0.2, 0.25) is 10.0 Å². The van der Waals surface area contributed by atoms with E-state index in [0.29, 0.717) is 18.0 Å². The van der Waals surface area contributed by atoms with E-state index in [1.54, 1.807) is 16.4 Å². The van der Waals surface area contributed by atoms with Crippen molar-refractivity contribution in [1.29, 1.82) is 0 Å². The minimum atomic E-state index is -3.35. The smallest absolute Gasteiger partial charge is 0.243 e. The molecule has 3 rings (SSSR count). The number of nitrogens with one attached hydrogen (secondary N) is 1. The third-order valence-electron chi connectivity index (χ3n) is 4.55. The van der Waals surface area contributed by atoms with Gasteiger partial charge in [0.1, 0.15) is 0 Å². The molecule has 4 nitrogen and oxygen atoms in total. The Hall–Kier alpha value is -1.85. The summed E-state index contributed by atoms with van der Waals surface area (Å²) in [6, 6.07) is 15.3. The molecule has 0 unspecified atom stereocenters. The van der Waals surface area contributed by atoms with Crippen molar-refractivity contribution in [2.45, 2.75) is 37.6 Å². The predicted octanol–water partition coefficient (Wildman–Crippen LogP) is 3.78. The van der Waals surface area contributed by atoms with Crippen LogP contribution in [0.1, 0.15) is 30.4 Å². The first-order valence-electron chi connectivity index (χ1n) is 8.46. The van der Waals surface area contributed by atoms with Crippen LogP contribution in [0.3, 0.4) is 0 Å². The number of piperidine rings is 1. The van der Waals surface area contributed by atoms with E-state index in [2.05, 4.69) is 24.4 Å². The average molecular weight is 344 g/mol. The Morgan fingerprint density at radius 2 is 1.62 bits per heavy atom. The van der Waals surface area contributed by atoms with E-state index in [-0.39, 0.29) is 0 Å². The molecule has 0 spiro atoms. The van der Waals surface area contributed by atoms with E-state index in [9.17, 15) is 8.42 Å². The quantitative estimate of drug-likeness (QED) is 0.898. The van der Waals surface area contributed by atoms with Gasteiger partial charge in [-0.25, -0.2) is 8.42 Å². The Kier molecular flexibility index (Phi) is 5.21. The molecule has 0 aliphatic carbocycles. The number of hydrogen-bond donors (Lipinski definition) is 1. The lowest BCUT2D eigenvalue weighted by Gasteiger charge is -2.25. The molecule has 1 fully saturated rings. The highest BCUT2D eigenvalue weighted by atomic mass is 32.2.